The molecular weight excluding hydrogens is 258 g/mol. The van der Waals surface area contributed by atoms with Gasteiger partial charge in [0.15, 0.2) is 0 Å². The number of aliphatic hydroxyl groups excluding tert-OH is 1. The Bertz CT molecular complexity index is 423. The molecule has 1 N–H and O–H groups in total. The molecule has 2 nitrogen and oxygen atoms in total. The molecule has 1 atom stereocenters. The minimum Gasteiger partial charge on any atom is -0.388 e. The third kappa shape index (κ3) is 5.12. The van der Waals surface area contributed by atoms with Crippen molar-refractivity contribution in [1.82, 2.24) is 4.90 Å². The third-order valence-electron chi connectivity index (χ3n) is 4.56. The molecule has 1 aliphatic carbocycles. The van der Waals surface area contributed by atoms with Crippen LogP contribution in [0.15, 0.2) is 24.3 Å². The highest BCUT2D eigenvalue weighted by molar-refractivity contribution is 5.23. The minimum atomic E-state index is -0.332. The molecule has 1 unspecified atom stereocenters. The lowest BCUT2D eigenvalue weighted by Gasteiger charge is -2.31. The monoisotopic (exact) mass is 289 g/mol. The number of nitrogens with zero attached hydrogens (tertiary/aromatic N) is 1. The molecule has 0 bridgehead atoms. The predicted molar refractivity (Wildman–Crippen MR) is 89.4 cm³/mol. The molecule has 21 heavy (non-hydrogen) atoms. The zero-order valence-corrected chi connectivity index (χ0v) is 13.9. The van der Waals surface area contributed by atoms with Gasteiger partial charge >= 0.3 is 0 Å². The molecule has 118 valence electrons. The Hall–Kier alpha value is -0.860. The van der Waals surface area contributed by atoms with E-state index in [2.05, 4.69) is 37.8 Å². The van der Waals surface area contributed by atoms with Gasteiger partial charge in [-0.15, -0.1) is 0 Å². The van der Waals surface area contributed by atoms with Crippen molar-refractivity contribution in [3.8, 4) is 0 Å². The van der Waals surface area contributed by atoms with Gasteiger partial charge in [0.05, 0.1) is 6.10 Å². The SMILES string of the molecule is Cc1cccc(C(O)CCN(CC(C)C)C2CCCC2)c1. The molecule has 0 saturated heterocycles. The average molecular weight is 289 g/mol. The van der Waals surface area contributed by atoms with Crippen molar-refractivity contribution in [3.05, 3.63) is 35.4 Å². The van der Waals surface area contributed by atoms with Crippen molar-refractivity contribution >= 4 is 0 Å². The Morgan fingerprint density at radius 3 is 2.57 bits per heavy atom. The van der Waals surface area contributed by atoms with Crippen LogP contribution in [0.1, 0.15) is 63.2 Å². The molecule has 2 rings (SSSR count). The van der Waals surface area contributed by atoms with Crippen molar-refractivity contribution in [3.63, 3.8) is 0 Å². The minimum absolute atomic E-state index is 0.332. The van der Waals surface area contributed by atoms with Crippen molar-refractivity contribution in [2.24, 2.45) is 5.92 Å². The van der Waals surface area contributed by atoms with Crippen LogP contribution in [0.5, 0.6) is 0 Å². The predicted octanol–water partition coefficient (Wildman–Crippen LogP) is 4.32. The zero-order chi connectivity index (χ0) is 15.2. The van der Waals surface area contributed by atoms with Gasteiger partial charge in [-0.05, 0) is 37.7 Å². The topological polar surface area (TPSA) is 23.5 Å². The second-order valence-corrected chi connectivity index (χ2v) is 7.05. The first-order valence-electron chi connectivity index (χ1n) is 8.55. The lowest BCUT2D eigenvalue weighted by molar-refractivity contribution is 0.116. The van der Waals surface area contributed by atoms with E-state index >= 15 is 0 Å². The summed E-state index contributed by atoms with van der Waals surface area (Å²) in [6.07, 6.45) is 5.94. The van der Waals surface area contributed by atoms with E-state index in [1.54, 1.807) is 0 Å². The maximum Gasteiger partial charge on any atom is 0.0802 e. The lowest BCUT2D eigenvalue weighted by Crippen LogP contribution is -2.37. The summed E-state index contributed by atoms with van der Waals surface area (Å²) in [6.45, 7) is 8.83. The zero-order valence-electron chi connectivity index (χ0n) is 13.9. The molecule has 1 aromatic carbocycles. The van der Waals surface area contributed by atoms with Gasteiger partial charge in [0.2, 0.25) is 0 Å². The smallest absolute Gasteiger partial charge is 0.0802 e. The summed E-state index contributed by atoms with van der Waals surface area (Å²) >= 11 is 0. The van der Waals surface area contributed by atoms with E-state index in [1.165, 1.54) is 31.2 Å². The third-order valence-corrected chi connectivity index (χ3v) is 4.56. The van der Waals surface area contributed by atoms with Crippen molar-refractivity contribution in [2.75, 3.05) is 13.1 Å². The van der Waals surface area contributed by atoms with Gasteiger partial charge in [-0.2, -0.15) is 0 Å². The molecule has 1 fully saturated rings. The maximum absolute atomic E-state index is 10.4. The number of rotatable bonds is 7. The quantitative estimate of drug-likeness (QED) is 0.808. The summed E-state index contributed by atoms with van der Waals surface area (Å²) in [5, 5.41) is 10.4. The molecule has 2 heteroatoms. The van der Waals surface area contributed by atoms with E-state index in [9.17, 15) is 5.11 Å². The first kappa shape index (κ1) is 16.5. The fourth-order valence-corrected chi connectivity index (χ4v) is 3.49. The fraction of sp³-hybridized carbons (Fsp3) is 0.684. The normalized spacial score (nSPS) is 17.8. The van der Waals surface area contributed by atoms with Crippen LogP contribution in [0.4, 0.5) is 0 Å². The van der Waals surface area contributed by atoms with Crippen molar-refractivity contribution in [1.29, 1.82) is 0 Å². The second-order valence-electron chi connectivity index (χ2n) is 7.05. The number of benzene rings is 1. The van der Waals surface area contributed by atoms with Crippen LogP contribution < -0.4 is 0 Å². The van der Waals surface area contributed by atoms with Gasteiger partial charge < -0.3 is 10.0 Å². The summed E-state index contributed by atoms with van der Waals surface area (Å²) in [4.78, 5) is 2.62. The molecule has 1 aromatic rings. The number of hydrogen-bond donors (Lipinski definition) is 1. The van der Waals surface area contributed by atoms with Crippen LogP contribution in [-0.2, 0) is 0 Å². The number of aliphatic hydroxyl groups is 1. The van der Waals surface area contributed by atoms with E-state index in [4.69, 9.17) is 0 Å². The second kappa shape index (κ2) is 7.95. The van der Waals surface area contributed by atoms with Crippen LogP contribution in [0, 0.1) is 12.8 Å². The molecule has 0 radical (unpaired) electrons. The Balaban J connectivity index is 1.90. The van der Waals surface area contributed by atoms with E-state index in [0.29, 0.717) is 5.92 Å². The van der Waals surface area contributed by atoms with Gasteiger partial charge in [0.1, 0.15) is 0 Å². The number of hydrogen-bond acceptors (Lipinski definition) is 2. The molecule has 0 heterocycles. The Labute approximate surface area is 130 Å². The Morgan fingerprint density at radius 1 is 1.24 bits per heavy atom. The Morgan fingerprint density at radius 2 is 1.95 bits per heavy atom. The summed E-state index contributed by atoms with van der Waals surface area (Å²) in [6, 6.07) is 9.01. The molecule has 0 amide bonds. The van der Waals surface area contributed by atoms with E-state index in [1.807, 2.05) is 12.1 Å². The van der Waals surface area contributed by atoms with Gasteiger partial charge in [-0.25, -0.2) is 0 Å². The van der Waals surface area contributed by atoms with E-state index in [-0.39, 0.29) is 6.10 Å². The number of aryl methyl sites for hydroxylation is 1. The average Bonchev–Trinajstić information content (AvgIpc) is 2.96. The van der Waals surface area contributed by atoms with E-state index < -0.39 is 0 Å². The van der Waals surface area contributed by atoms with E-state index in [0.717, 1.165) is 31.1 Å². The largest absolute Gasteiger partial charge is 0.388 e. The Kier molecular flexibility index (Phi) is 6.25. The van der Waals surface area contributed by atoms with Crippen LogP contribution in [0.3, 0.4) is 0 Å². The van der Waals surface area contributed by atoms with Crippen molar-refractivity contribution < 1.29 is 5.11 Å². The van der Waals surface area contributed by atoms with Gasteiger partial charge in [-0.1, -0.05) is 56.5 Å². The van der Waals surface area contributed by atoms with Gasteiger partial charge in [-0.3, -0.25) is 0 Å². The summed E-state index contributed by atoms with van der Waals surface area (Å²) < 4.78 is 0. The highest BCUT2D eigenvalue weighted by Crippen LogP contribution is 2.26. The van der Waals surface area contributed by atoms with Crippen LogP contribution >= 0.6 is 0 Å². The molecular formula is C19H31NO. The molecule has 0 aliphatic heterocycles. The van der Waals surface area contributed by atoms with Crippen LogP contribution in [-0.4, -0.2) is 29.1 Å². The molecule has 1 saturated carbocycles. The van der Waals surface area contributed by atoms with Crippen LogP contribution in [0.25, 0.3) is 0 Å². The molecule has 1 aliphatic rings. The summed E-state index contributed by atoms with van der Waals surface area (Å²) in [5.41, 5.74) is 2.28. The van der Waals surface area contributed by atoms with Gasteiger partial charge in [0, 0.05) is 19.1 Å². The summed E-state index contributed by atoms with van der Waals surface area (Å²) in [7, 11) is 0. The fourth-order valence-electron chi connectivity index (χ4n) is 3.49. The first-order valence-corrected chi connectivity index (χ1v) is 8.55. The highest BCUT2D eigenvalue weighted by Gasteiger charge is 2.23. The first-order chi connectivity index (χ1) is 10.1. The van der Waals surface area contributed by atoms with Gasteiger partial charge in [0.25, 0.3) is 0 Å². The highest BCUT2D eigenvalue weighted by atomic mass is 16.3. The maximum atomic E-state index is 10.4. The van der Waals surface area contributed by atoms with Crippen LogP contribution in [0.2, 0.25) is 0 Å². The molecule has 0 aromatic heterocycles. The lowest BCUT2D eigenvalue weighted by atomic mass is 10.0. The molecule has 0 spiro atoms. The summed E-state index contributed by atoms with van der Waals surface area (Å²) in [5.74, 6) is 0.696. The van der Waals surface area contributed by atoms with Crippen molar-refractivity contribution in [2.45, 2.75) is 65.0 Å². The standard InChI is InChI=1S/C19H31NO/c1-15(2)14-20(18-9-4-5-10-18)12-11-19(21)17-8-6-7-16(3)13-17/h6-8,13,15,18-19,21H,4-5,9-12,14H2,1-3H3.